The molecule has 7 nitrogen and oxygen atoms in total. The minimum absolute atomic E-state index is 0.000760. The Labute approximate surface area is 129 Å². The number of azide groups is 1. The highest BCUT2D eigenvalue weighted by atomic mass is 35.5. The molecule has 1 atom stereocenters. The highest BCUT2D eigenvalue weighted by Crippen LogP contribution is 2.30. The number of hydrogen-bond donors (Lipinski definition) is 0. The largest absolute Gasteiger partial charge is 0.483 e. The fraction of sp³-hybridized carbons (Fsp3) is 0.231. The van der Waals surface area contributed by atoms with Crippen molar-refractivity contribution in [3.8, 4) is 11.8 Å². The van der Waals surface area contributed by atoms with Crippen LogP contribution in [0.15, 0.2) is 34.1 Å². The summed E-state index contributed by atoms with van der Waals surface area (Å²) in [7, 11) is 0. The lowest BCUT2D eigenvalue weighted by atomic mass is 10.1. The standard InChI is InChI=1S/C13H9ClFN5O2/c14-9-6-13(8(7-16)5-10(9)15)22-12(1-3-18-20-17)11-2-4-21-19-11/h2,4-6,12H,1,3H2/t12-/m1/s1. The van der Waals surface area contributed by atoms with Crippen LogP contribution in [0.4, 0.5) is 4.39 Å². The van der Waals surface area contributed by atoms with E-state index < -0.39 is 11.9 Å². The van der Waals surface area contributed by atoms with Crippen LogP contribution in [0.25, 0.3) is 10.4 Å². The molecule has 0 saturated heterocycles. The molecule has 0 aliphatic rings. The third-order valence-electron chi connectivity index (χ3n) is 2.75. The molecule has 0 radical (unpaired) electrons. The van der Waals surface area contributed by atoms with Crippen molar-refractivity contribution in [1.82, 2.24) is 5.16 Å². The predicted octanol–water partition coefficient (Wildman–Crippen LogP) is 4.16. The molecule has 0 fully saturated rings. The molecule has 9 heteroatoms. The Hall–Kier alpha value is -2.75. The summed E-state index contributed by atoms with van der Waals surface area (Å²) in [5.74, 6) is -0.597. The van der Waals surface area contributed by atoms with Gasteiger partial charge in [-0.3, -0.25) is 0 Å². The number of halogens is 2. The van der Waals surface area contributed by atoms with Gasteiger partial charge in [-0.25, -0.2) is 4.39 Å². The molecular weight excluding hydrogens is 313 g/mol. The van der Waals surface area contributed by atoms with E-state index in [4.69, 9.17) is 31.7 Å². The smallest absolute Gasteiger partial charge is 0.144 e. The maximum absolute atomic E-state index is 13.4. The molecule has 1 heterocycles. The maximum atomic E-state index is 13.4. The number of benzene rings is 1. The molecule has 0 N–H and O–H groups in total. The summed E-state index contributed by atoms with van der Waals surface area (Å²) in [5.41, 5.74) is 8.78. The lowest BCUT2D eigenvalue weighted by Gasteiger charge is -2.17. The third-order valence-corrected chi connectivity index (χ3v) is 3.04. The van der Waals surface area contributed by atoms with E-state index in [9.17, 15) is 4.39 Å². The second-order valence-electron chi connectivity index (χ2n) is 4.15. The maximum Gasteiger partial charge on any atom is 0.144 e. The van der Waals surface area contributed by atoms with Gasteiger partial charge in [-0.1, -0.05) is 21.9 Å². The van der Waals surface area contributed by atoms with Crippen molar-refractivity contribution in [2.75, 3.05) is 6.54 Å². The van der Waals surface area contributed by atoms with Crippen molar-refractivity contribution in [2.24, 2.45) is 5.11 Å². The van der Waals surface area contributed by atoms with E-state index in [0.717, 1.165) is 6.07 Å². The zero-order valence-electron chi connectivity index (χ0n) is 11.1. The first-order valence-electron chi connectivity index (χ1n) is 6.12. The number of rotatable bonds is 6. The minimum Gasteiger partial charge on any atom is -0.483 e. The summed E-state index contributed by atoms with van der Waals surface area (Å²) in [6, 6.07) is 5.62. The van der Waals surface area contributed by atoms with Gasteiger partial charge in [0.15, 0.2) is 0 Å². The number of hydrogen-bond acceptors (Lipinski definition) is 5. The van der Waals surface area contributed by atoms with Crippen LogP contribution in [0.2, 0.25) is 5.02 Å². The Morgan fingerprint density at radius 3 is 3.05 bits per heavy atom. The van der Waals surface area contributed by atoms with Gasteiger partial charge < -0.3 is 9.26 Å². The van der Waals surface area contributed by atoms with Gasteiger partial charge in [-0.2, -0.15) is 5.26 Å². The average molecular weight is 322 g/mol. The summed E-state index contributed by atoms with van der Waals surface area (Å²) in [6.45, 7) is 0.158. The summed E-state index contributed by atoms with van der Waals surface area (Å²) < 4.78 is 23.8. The Morgan fingerprint density at radius 2 is 2.41 bits per heavy atom. The zero-order valence-corrected chi connectivity index (χ0v) is 11.9. The lowest BCUT2D eigenvalue weighted by Crippen LogP contribution is -2.10. The summed E-state index contributed by atoms with van der Waals surface area (Å²) >= 11 is 5.71. The number of nitrogens with zero attached hydrogens (tertiary/aromatic N) is 5. The average Bonchev–Trinajstić information content (AvgIpc) is 3.04. The molecule has 22 heavy (non-hydrogen) atoms. The Kier molecular flexibility index (Phi) is 5.20. The van der Waals surface area contributed by atoms with E-state index in [-0.39, 0.29) is 22.9 Å². The van der Waals surface area contributed by atoms with E-state index in [1.165, 1.54) is 12.3 Å². The molecule has 0 aliphatic heterocycles. The van der Waals surface area contributed by atoms with Crippen LogP contribution in [0.5, 0.6) is 5.75 Å². The Morgan fingerprint density at radius 1 is 1.59 bits per heavy atom. The van der Waals surface area contributed by atoms with Crippen LogP contribution in [0, 0.1) is 17.1 Å². The quantitative estimate of drug-likeness (QED) is 0.452. The number of aromatic nitrogens is 1. The normalized spacial score (nSPS) is 11.3. The highest BCUT2D eigenvalue weighted by Gasteiger charge is 2.19. The fourth-order valence-corrected chi connectivity index (χ4v) is 1.90. The van der Waals surface area contributed by atoms with Crippen LogP contribution in [-0.4, -0.2) is 11.7 Å². The molecular formula is C13H9ClFN5O2. The molecule has 112 valence electrons. The van der Waals surface area contributed by atoms with Gasteiger partial charge in [0.05, 0.1) is 10.6 Å². The molecule has 2 rings (SSSR count). The van der Waals surface area contributed by atoms with Crippen molar-refractivity contribution in [3.05, 3.63) is 57.0 Å². The fourth-order valence-electron chi connectivity index (χ4n) is 1.74. The third kappa shape index (κ3) is 3.67. The highest BCUT2D eigenvalue weighted by molar-refractivity contribution is 6.30. The molecule has 1 aromatic carbocycles. The topological polar surface area (TPSA) is 108 Å². The predicted molar refractivity (Wildman–Crippen MR) is 74.6 cm³/mol. The van der Waals surface area contributed by atoms with E-state index in [0.29, 0.717) is 12.1 Å². The summed E-state index contributed by atoms with van der Waals surface area (Å²) in [6.07, 6.45) is 1.04. The number of ether oxygens (including phenoxy) is 1. The van der Waals surface area contributed by atoms with Crippen molar-refractivity contribution in [1.29, 1.82) is 5.26 Å². The Balaban J connectivity index is 2.29. The molecule has 0 amide bonds. The van der Waals surface area contributed by atoms with E-state index in [1.54, 1.807) is 6.07 Å². The second kappa shape index (κ2) is 7.31. The van der Waals surface area contributed by atoms with Crippen LogP contribution < -0.4 is 4.74 Å². The molecule has 0 unspecified atom stereocenters. The van der Waals surface area contributed by atoms with Gasteiger partial charge in [0.1, 0.15) is 35.7 Å². The monoisotopic (exact) mass is 321 g/mol. The summed E-state index contributed by atoms with van der Waals surface area (Å²) in [4.78, 5) is 2.66. The van der Waals surface area contributed by atoms with Gasteiger partial charge in [0, 0.05) is 23.6 Å². The van der Waals surface area contributed by atoms with Gasteiger partial charge in [-0.05, 0) is 18.0 Å². The molecule has 1 aromatic heterocycles. The van der Waals surface area contributed by atoms with Gasteiger partial charge >= 0.3 is 0 Å². The SMILES string of the molecule is N#Cc1cc(F)c(Cl)cc1O[C@H](CCN=[N+]=[N-])c1ccon1. The summed E-state index contributed by atoms with van der Waals surface area (Å²) in [5, 5.41) is 16.1. The Bertz CT molecular complexity index is 738. The van der Waals surface area contributed by atoms with Crippen molar-refractivity contribution >= 4 is 11.6 Å². The van der Waals surface area contributed by atoms with Crippen molar-refractivity contribution in [2.45, 2.75) is 12.5 Å². The molecule has 0 spiro atoms. The van der Waals surface area contributed by atoms with Gasteiger partial charge in [0.25, 0.3) is 0 Å². The lowest BCUT2D eigenvalue weighted by molar-refractivity contribution is 0.186. The molecule has 2 aromatic rings. The van der Waals surface area contributed by atoms with Gasteiger partial charge in [0.2, 0.25) is 0 Å². The molecule has 0 aliphatic carbocycles. The first kappa shape index (κ1) is 15.6. The van der Waals surface area contributed by atoms with Crippen LogP contribution in [0.3, 0.4) is 0 Å². The minimum atomic E-state index is -0.711. The van der Waals surface area contributed by atoms with E-state index >= 15 is 0 Å². The van der Waals surface area contributed by atoms with E-state index in [2.05, 4.69) is 15.2 Å². The number of nitriles is 1. The van der Waals surface area contributed by atoms with Crippen molar-refractivity contribution < 1.29 is 13.7 Å². The first-order chi connectivity index (χ1) is 10.7. The molecule has 0 bridgehead atoms. The van der Waals surface area contributed by atoms with Crippen LogP contribution in [0.1, 0.15) is 23.8 Å². The first-order valence-corrected chi connectivity index (χ1v) is 6.50. The van der Waals surface area contributed by atoms with Gasteiger partial charge in [-0.15, -0.1) is 0 Å². The zero-order chi connectivity index (χ0) is 15.9. The van der Waals surface area contributed by atoms with E-state index in [1.807, 2.05) is 6.07 Å². The second-order valence-corrected chi connectivity index (χ2v) is 4.56. The molecule has 0 saturated carbocycles. The van der Waals surface area contributed by atoms with Crippen LogP contribution >= 0.6 is 11.6 Å². The van der Waals surface area contributed by atoms with Crippen LogP contribution in [-0.2, 0) is 0 Å². The van der Waals surface area contributed by atoms with Crippen molar-refractivity contribution in [3.63, 3.8) is 0 Å².